The lowest BCUT2D eigenvalue weighted by molar-refractivity contribution is 0.0488. The normalized spacial score (nSPS) is 21.3. The molecule has 1 aromatic carbocycles. The summed E-state index contributed by atoms with van der Waals surface area (Å²) >= 11 is 3.40. The molecule has 2 aliphatic rings. The van der Waals surface area contributed by atoms with Gasteiger partial charge in [0.2, 0.25) is 0 Å². The van der Waals surface area contributed by atoms with Gasteiger partial charge in [-0.25, -0.2) is 0 Å². The molecule has 0 radical (unpaired) electrons. The molecule has 1 aromatic rings. The number of carbonyl (C=O) groups is 1. The van der Waals surface area contributed by atoms with Crippen molar-refractivity contribution in [2.45, 2.75) is 18.9 Å². The van der Waals surface area contributed by atoms with Gasteiger partial charge in [-0.05, 0) is 37.0 Å². The number of hydrogen-bond acceptors (Lipinski definition) is 3. The average molecular weight is 353 g/mol. The Kier molecular flexibility index (Phi) is 4.62. The third-order valence-electron chi connectivity index (χ3n) is 4.34. The second kappa shape index (κ2) is 6.46. The van der Waals surface area contributed by atoms with Crippen molar-refractivity contribution in [1.82, 2.24) is 9.80 Å². The van der Waals surface area contributed by atoms with Gasteiger partial charge in [-0.1, -0.05) is 22.0 Å². The van der Waals surface area contributed by atoms with Crippen LogP contribution >= 0.6 is 15.9 Å². The van der Waals surface area contributed by atoms with Gasteiger partial charge in [-0.2, -0.15) is 0 Å². The fraction of sp³-hybridized carbons (Fsp3) is 0.562. The molecule has 4 nitrogen and oxygen atoms in total. The summed E-state index contributed by atoms with van der Waals surface area (Å²) in [6, 6.07) is 7.54. The molecule has 1 saturated heterocycles. The highest BCUT2D eigenvalue weighted by Gasteiger charge is 2.32. The van der Waals surface area contributed by atoms with Crippen LogP contribution in [-0.2, 0) is 0 Å². The molecule has 0 unspecified atom stereocenters. The summed E-state index contributed by atoms with van der Waals surface area (Å²) < 4.78 is 0.930. The second-order valence-electron chi connectivity index (χ2n) is 6.01. The van der Waals surface area contributed by atoms with Crippen molar-refractivity contribution in [3.05, 3.63) is 34.3 Å². The summed E-state index contributed by atoms with van der Waals surface area (Å²) in [4.78, 5) is 16.6. The molecular formula is C16H21BrN2O2. The van der Waals surface area contributed by atoms with Gasteiger partial charge in [0.1, 0.15) is 0 Å². The van der Waals surface area contributed by atoms with Crippen LogP contribution in [0.2, 0.25) is 0 Å². The number of aliphatic hydroxyl groups is 1. The molecule has 1 atom stereocenters. The first-order valence-corrected chi connectivity index (χ1v) is 8.38. The zero-order chi connectivity index (χ0) is 14.8. The van der Waals surface area contributed by atoms with E-state index in [0.29, 0.717) is 5.92 Å². The lowest BCUT2D eigenvalue weighted by atomic mass is 10.1. The minimum Gasteiger partial charge on any atom is -0.392 e. The van der Waals surface area contributed by atoms with E-state index in [1.807, 2.05) is 29.2 Å². The molecule has 1 N–H and O–H groups in total. The van der Waals surface area contributed by atoms with Crippen LogP contribution in [0.15, 0.2) is 28.7 Å². The van der Waals surface area contributed by atoms with Crippen LogP contribution in [0.4, 0.5) is 0 Å². The third kappa shape index (κ3) is 3.84. The molecular weight excluding hydrogens is 332 g/mol. The molecule has 0 bridgehead atoms. The first-order chi connectivity index (χ1) is 10.1. The molecule has 1 aliphatic carbocycles. The predicted molar refractivity (Wildman–Crippen MR) is 85.2 cm³/mol. The maximum atomic E-state index is 12.4. The van der Waals surface area contributed by atoms with Crippen LogP contribution < -0.4 is 0 Å². The van der Waals surface area contributed by atoms with E-state index < -0.39 is 0 Å². The van der Waals surface area contributed by atoms with Crippen molar-refractivity contribution in [2.24, 2.45) is 5.92 Å². The molecule has 1 aliphatic heterocycles. The van der Waals surface area contributed by atoms with Crippen molar-refractivity contribution in [3.63, 3.8) is 0 Å². The molecule has 0 aromatic heterocycles. The zero-order valence-corrected chi connectivity index (χ0v) is 13.6. The minimum atomic E-state index is -0.183. The van der Waals surface area contributed by atoms with Gasteiger partial charge < -0.3 is 10.0 Å². The lowest BCUT2D eigenvalue weighted by Gasteiger charge is -2.35. The zero-order valence-electron chi connectivity index (χ0n) is 12.0. The Morgan fingerprint density at radius 1 is 1.29 bits per heavy atom. The highest BCUT2D eigenvalue weighted by molar-refractivity contribution is 9.10. The van der Waals surface area contributed by atoms with Crippen LogP contribution in [0, 0.1) is 5.92 Å². The molecule has 1 amide bonds. The number of carbonyl (C=O) groups excluding carboxylic acids is 1. The molecule has 3 rings (SSSR count). The Bertz CT molecular complexity index is 511. The number of amides is 1. The molecule has 0 spiro atoms. The van der Waals surface area contributed by atoms with Gasteiger partial charge in [0, 0.05) is 42.8 Å². The SMILES string of the molecule is O=C(c1cccc(Br)c1)N1CCN(C[C@@H](O)C2CC2)CC1. The molecule has 2 fully saturated rings. The Labute approximate surface area is 133 Å². The molecule has 5 heteroatoms. The summed E-state index contributed by atoms with van der Waals surface area (Å²) in [7, 11) is 0. The van der Waals surface area contributed by atoms with Gasteiger partial charge >= 0.3 is 0 Å². The molecule has 1 heterocycles. The van der Waals surface area contributed by atoms with E-state index in [0.717, 1.165) is 42.8 Å². The predicted octanol–water partition coefficient (Wildman–Crippen LogP) is 1.98. The van der Waals surface area contributed by atoms with E-state index in [1.54, 1.807) is 0 Å². The monoisotopic (exact) mass is 352 g/mol. The highest BCUT2D eigenvalue weighted by atomic mass is 79.9. The van der Waals surface area contributed by atoms with Crippen LogP contribution in [0.5, 0.6) is 0 Å². The van der Waals surface area contributed by atoms with Crippen LogP contribution in [0.25, 0.3) is 0 Å². The Morgan fingerprint density at radius 3 is 2.62 bits per heavy atom. The van der Waals surface area contributed by atoms with E-state index in [9.17, 15) is 9.90 Å². The van der Waals surface area contributed by atoms with Crippen molar-refractivity contribution in [1.29, 1.82) is 0 Å². The van der Waals surface area contributed by atoms with Crippen molar-refractivity contribution < 1.29 is 9.90 Å². The van der Waals surface area contributed by atoms with E-state index in [1.165, 1.54) is 12.8 Å². The summed E-state index contributed by atoms with van der Waals surface area (Å²) in [6.45, 7) is 3.93. The lowest BCUT2D eigenvalue weighted by Crippen LogP contribution is -2.50. The van der Waals surface area contributed by atoms with Crippen molar-refractivity contribution in [2.75, 3.05) is 32.7 Å². The maximum Gasteiger partial charge on any atom is 0.253 e. The van der Waals surface area contributed by atoms with Gasteiger partial charge in [-0.3, -0.25) is 9.69 Å². The van der Waals surface area contributed by atoms with Crippen LogP contribution in [0.3, 0.4) is 0 Å². The number of halogens is 1. The number of aliphatic hydroxyl groups excluding tert-OH is 1. The fourth-order valence-electron chi connectivity index (χ4n) is 2.83. The summed E-state index contributed by atoms with van der Waals surface area (Å²) in [5.41, 5.74) is 0.732. The number of rotatable bonds is 4. The largest absolute Gasteiger partial charge is 0.392 e. The number of β-amino-alcohol motifs (C(OH)–C–C–N with tert-alkyl or cyclic N) is 1. The smallest absolute Gasteiger partial charge is 0.253 e. The summed E-state index contributed by atoms with van der Waals surface area (Å²) in [6.07, 6.45) is 2.16. The number of hydrogen-bond donors (Lipinski definition) is 1. The topological polar surface area (TPSA) is 43.8 Å². The van der Waals surface area contributed by atoms with Gasteiger partial charge in [0.05, 0.1) is 6.10 Å². The first kappa shape index (κ1) is 15.0. The van der Waals surface area contributed by atoms with E-state index in [2.05, 4.69) is 20.8 Å². The fourth-order valence-corrected chi connectivity index (χ4v) is 3.23. The summed E-state index contributed by atoms with van der Waals surface area (Å²) in [5.74, 6) is 0.616. The average Bonchev–Trinajstić information content (AvgIpc) is 3.32. The standard InChI is InChI=1S/C16H21BrN2O2/c17-14-3-1-2-13(10-14)16(21)19-8-6-18(7-9-19)11-15(20)12-4-5-12/h1-3,10,12,15,20H,4-9,11H2/t15-/m1/s1. The Hall–Kier alpha value is -0.910. The number of nitrogens with zero attached hydrogens (tertiary/aromatic N) is 2. The van der Waals surface area contributed by atoms with E-state index in [4.69, 9.17) is 0 Å². The van der Waals surface area contributed by atoms with Gasteiger partial charge in [0.25, 0.3) is 5.91 Å². The highest BCUT2D eigenvalue weighted by Crippen LogP contribution is 2.32. The maximum absolute atomic E-state index is 12.4. The molecule has 114 valence electrons. The number of piperazine rings is 1. The summed E-state index contributed by atoms with van der Waals surface area (Å²) in [5, 5.41) is 10.00. The minimum absolute atomic E-state index is 0.0960. The quantitative estimate of drug-likeness (QED) is 0.900. The van der Waals surface area contributed by atoms with Gasteiger partial charge in [-0.15, -0.1) is 0 Å². The third-order valence-corrected chi connectivity index (χ3v) is 4.84. The van der Waals surface area contributed by atoms with Crippen molar-refractivity contribution >= 4 is 21.8 Å². The van der Waals surface area contributed by atoms with Crippen molar-refractivity contribution in [3.8, 4) is 0 Å². The Morgan fingerprint density at radius 2 is 2.00 bits per heavy atom. The van der Waals surface area contributed by atoms with E-state index in [-0.39, 0.29) is 12.0 Å². The van der Waals surface area contributed by atoms with Crippen LogP contribution in [-0.4, -0.2) is 59.6 Å². The first-order valence-electron chi connectivity index (χ1n) is 7.59. The second-order valence-corrected chi connectivity index (χ2v) is 6.92. The van der Waals surface area contributed by atoms with Gasteiger partial charge in [0.15, 0.2) is 0 Å². The molecule has 21 heavy (non-hydrogen) atoms. The number of benzene rings is 1. The van der Waals surface area contributed by atoms with Crippen LogP contribution in [0.1, 0.15) is 23.2 Å². The van der Waals surface area contributed by atoms with E-state index >= 15 is 0 Å². The Balaban J connectivity index is 1.51. The molecule has 1 saturated carbocycles.